The molecule has 0 aliphatic rings. The van der Waals surface area contributed by atoms with E-state index in [0.29, 0.717) is 35.2 Å². The van der Waals surface area contributed by atoms with Crippen molar-refractivity contribution >= 4 is 99.6 Å². The molecule has 103 heavy (non-hydrogen) atoms. The molecule has 0 fully saturated rings. The Morgan fingerprint density at radius 3 is 1.32 bits per heavy atom. The van der Waals surface area contributed by atoms with Gasteiger partial charge in [-0.25, -0.2) is 4.79 Å². The first-order chi connectivity index (χ1) is 48.7. The second-order valence-corrected chi connectivity index (χ2v) is 25.8. The predicted molar refractivity (Wildman–Crippen MR) is 373 cm³/mol. The molecule has 37 heteroatoms. The maximum atomic E-state index is 14.3. The molecule has 13 atom stereocenters. The summed E-state index contributed by atoms with van der Waals surface area (Å²) in [6.45, 7) is 8.65. The van der Waals surface area contributed by atoms with E-state index in [1.165, 1.54) is 27.7 Å². The first-order valence-electron chi connectivity index (χ1n) is 34.5. The number of fused-ring (bicyclic) bond motifs is 1. The smallest absolute Gasteiger partial charge is 0.328 e. The van der Waals surface area contributed by atoms with Gasteiger partial charge in [0, 0.05) is 36.4 Å². The number of carbonyl (C=O) groups is 15. The number of amides is 13. The van der Waals surface area contributed by atoms with E-state index in [9.17, 15) is 97.5 Å². The number of aliphatic hydroxyl groups is 3. The Balaban J connectivity index is 2.31. The van der Waals surface area contributed by atoms with E-state index in [0.717, 1.165) is 19.3 Å². The van der Waals surface area contributed by atoms with Crippen LogP contribution in [0.25, 0.3) is 10.9 Å². The van der Waals surface area contributed by atoms with Gasteiger partial charge in [0.1, 0.15) is 66.5 Å². The zero-order chi connectivity index (χ0) is 77.6. The Labute approximate surface area is 597 Å². The molecule has 25 N–H and O–H groups in total. The lowest BCUT2D eigenvalue weighted by atomic mass is 9.96. The lowest BCUT2D eigenvalue weighted by molar-refractivity contribution is -0.144. The molecule has 13 amide bonds. The highest BCUT2D eigenvalue weighted by Crippen LogP contribution is 2.20. The van der Waals surface area contributed by atoms with Crippen LogP contribution in [0.2, 0.25) is 0 Å². The summed E-state index contributed by atoms with van der Waals surface area (Å²) in [5.74, 6) is -16.8. The van der Waals surface area contributed by atoms with Crippen molar-refractivity contribution in [2.75, 3.05) is 52.5 Å². The lowest BCUT2D eigenvalue weighted by Crippen LogP contribution is -2.62. The zero-order valence-corrected chi connectivity index (χ0v) is 59.8. The summed E-state index contributed by atoms with van der Waals surface area (Å²) in [5.41, 5.74) is 18.5. The minimum Gasteiger partial charge on any atom is -0.481 e. The van der Waals surface area contributed by atoms with Crippen LogP contribution >= 0.6 is 0 Å². The Kier molecular flexibility index (Phi) is 40.9. The molecule has 1 heterocycles. The van der Waals surface area contributed by atoms with Crippen molar-refractivity contribution in [3.63, 3.8) is 0 Å². The molecule has 578 valence electrons. The fraction of sp³-hybridized carbons (Fsp3) is 0.652. The quantitative estimate of drug-likeness (QED) is 0.0274. The highest BCUT2D eigenvalue weighted by atomic mass is 16.4. The van der Waals surface area contributed by atoms with Crippen LogP contribution in [-0.4, -0.2) is 238 Å². The van der Waals surface area contributed by atoms with E-state index >= 15 is 0 Å². The van der Waals surface area contributed by atoms with Crippen LogP contribution < -0.4 is 86.3 Å². The third-order valence-corrected chi connectivity index (χ3v) is 16.9. The van der Waals surface area contributed by atoms with E-state index in [-0.39, 0.29) is 57.6 Å². The van der Waals surface area contributed by atoms with Crippen molar-refractivity contribution < 1.29 is 97.5 Å². The van der Waals surface area contributed by atoms with Crippen LogP contribution in [0.1, 0.15) is 132 Å². The third-order valence-electron chi connectivity index (χ3n) is 16.9. The van der Waals surface area contributed by atoms with Crippen molar-refractivity contribution in [1.82, 2.24) is 74.1 Å². The Morgan fingerprint density at radius 2 is 0.825 bits per heavy atom. The van der Waals surface area contributed by atoms with Crippen LogP contribution in [0.5, 0.6) is 0 Å². The number of aliphatic carboxylic acids is 2. The number of aromatic nitrogens is 1. The molecule has 0 radical (unpaired) electrons. The number of aliphatic hydroxyl groups excluding tert-OH is 3. The second-order valence-electron chi connectivity index (χ2n) is 25.8. The first-order valence-corrected chi connectivity index (χ1v) is 34.5. The number of carboxylic acids is 2. The number of H-pyrrole nitrogens is 1. The summed E-state index contributed by atoms with van der Waals surface area (Å²) in [5, 5.41) is 81.3. The number of unbranched alkanes of at least 4 members (excludes halogenated alkanes) is 1. The molecule has 0 saturated heterocycles. The van der Waals surface area contributed by atoms with Gasteiger partial charge < -0.3 is 117 Å². The van der Waals surface area contributed by atoms with E-state index in [4.69, 9.17) is 17.2 Å². The van der Waals surface area contributed by atoms with Gasteiger partial charge in [0.05, 0.1) is 32.9 Å². The maximum absolute atomic E-state index is 14.3. The van der Waals surface area contributed by atoms with Gasteiger partial charge in [0.15, 0.2) is 0 Å². The molecule has 2 rings (SSSR count). The standard InChI is InChI=1S/C66H109N17O20/c1-9-36(7)15-11-14-18-49(87)71-29-50(88)73-42(21-24-67)56(92)72-30-51(89)74-46(31-84)61(97)78-45(27-38-28-70-40-17-13-12-16-39(38)40)60(96)79-47(32-85)62(98)76-43(22-25-68)57(93)75-44(23-26-69)59(95)81-53(34(3)4)63(99)77-41(19-20-52(90)91)58(94)82-54(35(5)6)64(100)83-55(37(8)10-2)65(101)80-48(33-86)66(102)103/h12-13,16-17,28,34-37,41-48,53-55,70,84-86H,9-11,14-15,18-27,29-33,67-69H2,1-8H3,(H,71,87)(H,72,92)(H,73,88)(H,74,89)(H,75,93)(H,76,98)(H,77,99)(H,78,97)(H,79,96)(H,80,101)(H,81,95)(H,82,94)(H,83,100)(H,90,91)(H,102,103). The highest BCUT2D eigenvalue weighted by molar-refractivity contribution is 6.00. The number of rotatable bonds is 50. The van der Waals surface area contributed by atoms with Crippen molar-refractivity contribution in [3.05, 3.63) is 36.0 Å². The fourth-order valence-electron chi connectivity index (χ4n) is 10.3. The number of carboxylic acid groups (broad SMARTS) is 2. The number of para-hydroxylation sites is 1. The Bertz CT molecular complexity index is 3170. The van der Waals surface area contributed by atoms with Gasteiger partial charge in [-0.1, -0.05) is 99.3 Å². The lowest BCUT2D eigenvalue weighted by Gasteiger charge is -2.30. The maximum Gasteiger partial charge on any atom is 0.328 e. The van der Waals surface area contributed by atoms with E-state index in [1.54, 1.807) is 44.3 Å². The molecule has 0 aliphatic carbocycles. The molecule has 1 aromatic carbocycles. The van der Waals surface area contributed by atoms with Crippen molar-refractivity contribution in [2.24, 2.45) is 40.9 Å². The number of nitrogens with two attached hydrogens (primary N) is 3. The summed E-state index contributed by atoms with van der Waals surface area (Å²) in [6, 6.07) is -10.5. The topological polar surface area (TPSA) is 607 Å². The van der Waals surface area contributed by atoms with Crippen LogP contribution in [0.4, 0.5) is 0 Å². The SMILES string of the molecule is CCC(C)CCCCC(=O)NCC(=O)NC(CCN)C(=O)NCC(=O)NC(CO)C(=O)NC(Cc1c[nH]c2ccccc12)C(=O)NC(CO)C(=O)NC(CCN)C(=O)NC(CCN)C(=O)NC(C(=O)NC(CCC(=O)O)C(=O)NC(C(=O)NC(C(=O)NC(CO)C(=O)O)C(C)CC)C(C)C)C(C)C. The summed E-state index contributed by atoms with van der Waals surface area (Å²) < 4.78 is 0. The third kappa shape index (κ3) is 31.4. The Hall–Kier alpha value is -9.43. The van der Waals surface area contributed by atoms with E-state index < -0.39 is 213 Å². The molecule has 0 aliphatic heterocycles. The highest BCUT2D eigenvalue weighted by Gasteiger charge is 2.38. The normalized spacial score (nSPS) is 15.0. The number of aromatic amines is 1. The number of carbonyl (C=O) groups excluding carboxylic acids is 13. The molecular formula is C66H109N17O20. The van der Waals surface area contributed by atoms with Gasteiger partial charge in [-0.3, -0.25) is 67.1 Å². The van der Waals surface area contributed by atoms with Crippen molar-refractivity contribution in [2.45, 2.75) is 199 Å². The van der Waals surface area contributed by atoms with Crippen molar-refractivity contribution in [1.29, 1.82) is 0 Å². The molecule has 2 aromatic rings. The summed E-state index contributed by atoms with van der Waals surface area (Å²) >= 11 is 0. The van der Waals surface area contributed by atoms with Crippen molar-refractivity contribution in [3.8, 4) is 0 Å². The minimum atomic E-state index is -1.86. The fourth-order valence-corrected chi connectivity index (χ4v) is 10.3. The van der Waals surface area contributed by atoms with E-state index in [1.807, 2.05) is 0 Å². The van der Waals surface area contributed by atoms with Crippen LogP contribution in [0.3, 0.4) is 0 Å². The van der Waals surface area contributed by atoms with Gasteiger partial charge in [0.2, 0.25) is 76.8 Å². The molecule has 13 unspecified atom stereocenters. The minimum absolute atomic E-state index is 0.0660. The summed E-state index contributed by atoms with van der Waals surface area (Å²) in [4.78, 5) is 203. The first kappa shape index (κ1) is 89.7. The molecule has 1 aromatic heterocycles. The molecular weight excluding hydrogens is 1350 g/mol. The number of hydrogen-bond donors (Lipinski definition) is 22. The van der Waals surface area contributed by atoms with Crippen LogP contribution in [-0.2, 0) is 78.3 Å². The number of hydrogen-bond acceptors (Lipinski definition) is 21. The van der Waals surface area contributed by atoms with Crippen LogP contribution in [0, 0.1) is 23.7 Å². The predicted octanol–water partition coefficient (Wildman–Crippen LogP) is -5.79. The monoisotopic (exact) mass is 1460 g/mol. The molecule has 0 saturated carbocycles. The molecule has 37 nitrogen and oxygen atoms in total. The van der Waals surface area contributed by atoms with Gasteiger partial charge in [-0.05, 0) is 87.0 Å². The van der Waals surface area contributed by atoms with E-state index in [2.05, 4.69) is 87.9 Å². The van der Waals surface area contributed by atoms with Gasteiger partial charge in [-0.2, -0.15) is 0 Å². The number of nitrogens with one attached hydrogen (secondary N) is 14. The summed E-state index contributed by atoms with van der Waals surface area (Å²) in [7, 11) is 0. The average Bonchev–Trinajstić information content (AvgIpc) is 1.69. The zero-order valence-electron chi connectivity index (χ0n) is 59.8. The van der Waals surface area contributed by atoms with Crippen LogP contribution in [0.15, 0.2) is 30.5 Å². The number of benzene rings is 1. The van der Waals surface area contributed by atoms with Gasteiger partial charge in [-0.15, -0.1) is 0 Å². The summed E-state index contributed by atoms with van der Waals surface area (Å²) in [6.07, 6.45) is 3.32. The molecule has 0 spiro atoms. The average molecular weight is 1460 g/mol. The van der Waals surface area contributed by atoms with Gasteiger partial charge >= 0.3 is 11.9 Å². The largest absolute Gasteiger partial charge is 0.481 e. The van der Waals surface area contributed by atoms with Gasteiger partial charge in [0.25, 0.3) is 0 Å². The Morgan fingerprint density at radius 1 is 0.417 bits per heavy atom. The second kappa shape index (κ2) is 47.0. The molecule has 0 bridgehead atoms.